The van der Waals surface area contributed by atoms with Crippen LogP contribution in [0.1, 0.15) is 5.56 Å². The van der Waals surface area contributed by atoms with Gasteiger partial charge in [-0.15, -0.1) is 0 Å². The maximum absolute atomic E-state index is 12.0. The van der Waals surface area contributed by atoms with Crippen LogP contribution in [0.3, 0.4) is 0 Å². The predicted molar refractivity (Wildman–Crippen MR) is 112 cm³/mol. The molecular weight excluding hydrogens is 406 g/mol. The number of aryl methyl sites for hydroxylation is 1. The SMILES string of the molecule is COc1cc(NC(=O)COC(=O)COc2ccc3c(C)cc(=O)oc3c2)cc(OC)c1. The summed E-state index contributed by atoms with van der Waals surface area (Å²) in [7, 11) is 2.99. The Labute approximate surface area is 177 Å². The first kappa shape index (κ1) is 21.7. The van der Waals surface area contributed by atoms with Gasteiger partial charge >= 0.3 is 11.6 Å². The molecule has 0 radical (unpaired) electrons. The molecule has 1 heterocycles. The van der Waals surface area contributed by atoms with E-state index in [-0.39, 0.29) is 0 Å². The van der Waals surface area contributed by atoms with Crippen LogP contribution in [0.5, 0.6) is 17.2 Å². The van der Waals surface area contributed by atoms with Gasteiger partial charge in [-0.1, -0.05) is 0 Å². The number of anilines is 1. The Morgan fingerprint density at radius 2 is 1.65 bits per heavy atom. The molecule has 3 rings (SSSR count). The van der Waals surface area contributed by atoms with Gasteiger partial charge in [0.25, 0.3) is 5.91 Å². The number of methoxy groups -OCH3 is 2. The summed E-state index contributed by atoms with van der Waals surface area (Å²) in [5.41, 5.74) is 1.09. The zero-order valence-corrected chi connectivity index (χ0v) is 17.2. The molecule has 1 amide bonds. The summed E-state index contributed by atoms with van der Waals surface area (Å²) in [6, 6.07) is 11.1. The maximum atomic E-state index is 12.0. The Morgan fingerprint density at radius 1 is 0.935 bits per heavy atom. The van der Waals surface area contributed by atoms with Crippen LogP contribution in [0.2, 0.25) is 0 Å². The average Bonchev–Trinajstić information content (AvgIpc) is 2.75. The van der Waals surface area contributed by atoms with Crippen molar-refractivity contribution in [2.75, 3.05) is 32.8 Å². The lowest BCUT2D eigenvalue weighted by atomic mass is 10.1. The van der Waals surface area contributed by atoms with E-state index < -0.39 is 30.7 Å². The highest BCUT2D eigenvalue weighted by atomic mass is 16.6. The van der Waals surface area contributed by atoms with Gasteiger partial charge in [0, 0.05) is 41.4 Å². The van der Waals surface area contributed by atoms with Crippen LogP contribution in [0.25, 0.3) is 11.0 Å². The normalized spacial score (nSPS) is 10.4. The molecule has 9 heteroatoms. The highest BCUT2D eigenvalue weighted by molar-refractivity contribution is 5.93. The van der Waals surface area contributed by atoms with E-state index in [0.29, 0.717) is 28.5 Å². The minimum Gasteiger partial charge on any atom is -0.497 e. The number of carbonyl (C=O) groups is 2. The number of nitrogens with one attached hydrogen (secondary N) is 1. The van der Waals surface area contributed by atoms with Crippen molar-refractivity contribution >= 4 is 28.5 Å². The number of rotatable bonds is 8. The molecule has 0 spiro atoms. The molecule has 0 saturated heterocycles. The Kier molecular flexibility index (Phi) is 6.76. The van der Waals surface area contributed by atoms with E-state index in [1.807, 2.05) is 0 Å². The molecule has 0 unspecified atom stereocenters. The van der Waals surface area contributed by atoms with Crippen molar-refractivity contribution in [3.05, 3.63) is 58.4 Å². The van der Waals surface area contributed by atoms with Gasteiger partial charge in [-0.3, -0.25) is 4.79 Å². The number of fused-ring (bicyclic) bond motifs is 1. The van der Waals surface area contributed by atoms with E-state index in [1.54, 1.807) is 37.3 Å². The Bertz CT molecular complexity index is 1150. The fraction of sp³-hybridized carbons (Fsp3) is 0.227. The second kappa shape index (κ2) is 9.66. The minimum atomic E-state index is -0.732. The van der Waals surface area contributed by atoms with Gasteiger partial charge in [-0.2, -0.15) is 0 Å². The quantitative estimate of drug-likeness (QED) is 0.431. The van der Waals surface area contributed by atoms with Gasteiger partial charge in [-0.25, -0.2) is 9.59 Å². The molecule has 1 N–H and O–H groups in total. The summed E-state index contributed by atoms with van der Waals surface area (Å²) in [5.74, 6) is 0.0600. The molecule has 0 bridgehead atoms. The van der Waals surface area contributed by atoms with E-state index in [0.717, 1.165) is 10.9 Å². The van der Waals surface area contributed by atoms with Crippen molar-refractivity contribution in [2.24, 2.45) is 0 Å². The fourth-order valence-corrected chi connectivity index (χ4v) is 2.80. The molecule has 1 aromatic heterocycles. The van der Waals surface area contributed by atoms with E-state index in [9.17, 15) is 14.4 Å². The maximum Gasteiger partial charge on any atom is 0.344 e. The number of hydrogen-bond acceptors (Lipinski definition) is 8. The van der Waals surface area contributed by atoms with Crippen molar-refractivity contribution < 1.29 is 33.0 Å². The van der Waals surface area contributed by atoms with Gasteiger partial charge < -0.3 is 28.7 Å². The first-order valence-corrected chi connectivity index (χ1v) is 9.24. The van der Waals surface area contributed by atoms with Crippen molar-refractivity contribution in [1.82, 2.24) is 0 Å². The van der Waals surface area contributed by atoms with E-state index in [2.05, 4.69) is 5.32 Å². The minimum absolute atomic E-state index is 0.325. The number of carbonyl (C=O) groups excluding carboxylic acids is 2. The zero-order valence-electron chi connectivity index (χ0n) is 17.2. The van der Waals surface area contributed by atoms with Gasteiger partial charge in [0.15, 0.2) is 13.2 Å². The monoisotopic (exact) mass is 427 g/mol. The van der Waals surface area contributed by atoms with E-state index in [1.165, 1.54) is 26.4 Å². The fourth-order valence-electron chi connectivity index (χ4n) is 2.80. The standard InChI is InChI=1S/C22H21NO8/c1-13-6-21(25)31-19-10-15(4-5-18(13)19)29-12-22(26)30-11-20(24)23-14-7-16(27-2)9-17(8-14)28-3/h4-10H,11-12H2,1-3H3,(H,23,24). The zero-order chi connectivity index (χ0) is 22.4. The van der Waals surface area contributed by atoms with Crippen LogP contribution in [-0.4, -0.2) is 39.3 Å². The lowest BCUT2D eigenvalue weighted by molar-refractivity contribution is -0.149. The summed E-state index contributed by atoms with van der Waals surface area (Å²) in [6.07, 6.45) is 0. The molecule has 0 aliphatic heterocycles. The van der Waals surface area contributed by atoms with Crippen LogP contribution in [-0.2, 0) is 14.3 Å². The summed E-state index contributed by atoms with van der Waals surface area (Å²) < 4.78 is 25.7. The van der Waals surface area contributed by atoms with Gasteiger partial charge in [0.05, 0.1) is 14.2 Å². The van der Waals surface area contributed by atoms with Crippen molar-refractivity contribution in [1.29, 1.82) is 0 Å². The number of benzene rings is 2. The van der Waals surface area contributed by atoms with Crippen LogP contribution in [0.4, 0.5) is 5.69 Å². The number of amides is 1. The van der Waals surface area contributed by atoms with Crippen LogP contribution in [0.15, 0.2) is 51.7 Å². The number of hydrogen-bond donors (Lipinski definition) is 1. The second-order valence-corrected chi connectivity index (χ2v) is 6.51. The van der Waals surface area contributed by atoms with Gasteiger partial charge in [0.1, 0.15) is 22.8 Å². The van der Waals surface area contributed by atoms with E-state index in [4.69, 9.17) is 23.4 Å². The Morgan fingerprint density at radius 3 is 2.32 bits per heavy atom. The number of ether oxygens (including phenoxy) is 4. The van der Waals surface area contributed by atoms with Crippen LogP contribution < -0.4 is 25.2 Å². The molecule has 0 aliphatic carbocycles. The lowest BCUT2D eigenvalue weighted by Gasteiger charge is -2.10. The Balaban J connectivity index is 1.52. The molecule has 162 valence electrons. The van der Waals surface area contributed by atoms with Gasteiger partial charge in [0.2, 0.25) is 0 Å². The molecule has 9 nitrogen and oxygen atoms in total. The third kappa shape index (κ3) is 5.75. The first-order chi connectivity index (χ1) is 14.9. The molecule has 0 saturated carbocycles. The highest BCUT2D eigenvalue weighted by Gasteiger charge is 2.11. The molecule has 2 aromatic carbocycles. The van der Waals surface area contributed by atoms with E-state index >= 15 is 0 Å². The summed E-state index contributed by atoms with van der Waals surface area (Å²) >= 11 is 0. The molecule has 0 atom stereocenters. The number of esters is 1. The molecule has 31 heavy (non-hydrogen) atoms. The predicted octanol–water partition coefficient (Wildman–Crippen LogP) is 2.68. The van der Waals surface area contributed by atoms with Crippen molar-refractivity contribution in [2.45, 2.75) is 6.92 Å². The highest BCUT2D eigenvalue weighted by Crippen LogP contribution is 2.25. The van der Waals surface area contributed by atoms with Crippen LogP contribution >= 0.6 is 0 Å². The third-order valence-electron chi connectivity index (χ3n) is 4.28. The first-order valence-electron chi connectivity index (χ1n) is 9.24. The summed E-state index contributed by atoms with van der Waals surface area (Å²) in [6.45, 7) is 0.888. The summed E-state index contributed by atoms with van der Waals surface area (Å²) in [5, 5.41) is 3.36. The van der Waals surface area contributed by atoms with Crippen molar-refractivity contribution in [3.8, 4) is 17.2 Å². The largest absolute Gasteiger partial charge is 0.497 e. The molecule has 0 aliphatic rings. The molecular formula is C22H21NO8. The van der Waals surface area contributed by atoms with Crippen molar-refractivity contribution in [3.63, 3.8) is 0 Å². The lowest BCUT2D eigenvalue weighted by Crippen LogP contribution is -2.23. The second-order valence-electron chi connectivity index (χ2n) is 6.51. The topological polar surface area (TPSA) is 113 Å². The Hall–Kier alpha value is -4.01. The van der Waals surface area contributed by atoms with Crippen LogP contribution in [0, 0.1) is 6.92 Å². The average molecular weight is 427 g/mol. The third-order valence-corrected chi connectivity index (χ3v) is 4.28. The molecule has 3 aromatic rings. The molecule has 0 fully saturated rings. The summed E-state index contributed by atoms with van der Waals surface area (Å²) in [4.78, 5) is 35.5. The smallest absolute Gasteiger partial charge is 0.344 e. The van der Waals surface area contributed by atoms with Gasteiger partial charge in [-0.05, 0) is 24.6 Å².